The summed E-state index contributed by atoms with van der Waals surface area (Å²) in [5.74, 6) is 1.02. The quantitative estimate of drug-likeness (QED) is 0.839. The molecule has 0 saturated heterocycles. The Morgan fingerprint density at radius 3 is 2.52 bits per heavy atom. The van der Waals surface area contributed by atoms with Crippen molar-refractivity contribution >= 4 is 0 Å². The summed E-state index contributed by atoms with van der Waals surface area (Å²) in [6.07, 6.45) is 9.52. The molecule has 1 aliphatic rings. The highest BCUT2D eigenvalue weighted by molar-refractivity contribution is 5.26. The van der Waals surface area contributed by atoms with E-state index in [1.807, 2.05) is 24.4 Å². The molecule has 1 aromatic heterocycles. The third kappa shape index (κ3) is 4.55. The second kappa shape index (κ2) is 8.11. The summed E-state index contributed by atoms with van der Waals surface area (Å²) >= 11 is 0. The number of aromatic nitrogens is 1. The predicted molar refractivity (Wildman–Crippen MR) is 93.4 cm³/mol. The number of phenolic OH excluding ortho intramolecular Hbond substituents is 1. The Bertz CT molecular complexity index is 576. The van der Waals surface area contributed by atoms with Crippen LogP contribution < -0.4 is 5.32 Å². The average molecular weight is 310 g/mol. The first-order chi connectivity index (χ1) is 11.3. The van der Waals surface area contributed by atoms with Gasteiger partial charge in [-0.05, 0) is 61.6 Å². The summed E-state index contributed by atoms with van der Waals surface area (Å²) in [5, 5.41) is 13.1. The van der Waals surface area contributed by atoms with Crippen molar-refractivity contribution in [2.24, 2.45) is 5.92 Å². The third-order valence-electron chi connectivity index (χ3n) is 4.84. The minimum atomic E-state index is 0.329. The molecule has 1 unspecified atom stereocenters. The third-order valence-corrected chi connectivity index (χ3v) is 4.84. The smallest absolute Gasteiger partial charge is 0.115 e. The van der Waals surface area contributed by atoms with Crippen molar-refractivity contribution in [1.82, 2.24) is 10.3 Å². The Hall–Kier alpha value is -1.87. The fraction of sp³-hybridized carbons (Fsp3) is 0.450. The molecule has 3 nitrogen and oxygen atoms in total. The van der Waals surface area contributed by atoms with Crippen LogP contribution in [0.2, 0.25) is 0 Å². The number of nitrogens with one attached hydrogen (secondary N) is 1. The van der Waals surface area contributed by atoms with Gasteiger partial charge in [0.15, 0.2) is 0 Å². The summed E-state index contributed by atoms with van der Waals surface area (Å²) in [6, 6.07) is 14.1. The monoisotopic (exact) mass is 310 g/mol. The molecular formula is C20H26N2O. The maximum Gasteiger partial charge on any atom is 0.115 e. The van der Waals surface area contributed by atoms with Gasteiger partial charge in [-0.3, -0.25) is 4.98 Å². The van der Waals surface area contributed by atoms with Gasteiger partial charge >= 0.3 is 0 Å². The number of hydrogen-bond acceptors (Lipinski definition) is 3. The number of aromatic hydroxyl groups is 1. The van der Waals surface area contributed by atoms with Gasteiger partial charge in [-0.25, -0.2) is 0 Å². The van der Waals surface area contributed by atoms with Crippen LogP contribution >= 0.6 is 0 Å². The Balaban J connectivity index is 1.62. The normalized spacial score (nSPS) is 17.0. The van der Waals surface area contributed by atoms with Gasteiger partial charge in [0.05, 0.1) is 11.7 Å². The van der Waals surface area contributed by atoms with E-state index in [0.717, 1.165) is 13.0 Å². The summed E-state index contributed by atoms with van der Waals surface area (Å²) in [5.41, 5.74) is 2.42. The fourth-order valence-corrected chi connectivity index (χ4v) is 3.57. The molecule has 2 N–H and O–H groups in total. The second-order valence-electron chi connectivity index (χ2n) is 6.50. The molecule has 1 aromatic carbocycles. The van der Waals surface area contributed by atoms with Crippen molar-refractivity contribution in [2.75, 3.05) is 6.54 Å². The number of rotatable bonds is 6. The minimum absolute atomic E-state index is 0.329. The van der Waals surface area contributed by atoms with Crippen molar-refractivity contribution in [3.05, 3.63) is 59.9 Å². The number of nitrogens with zero attached hydrogens (tertiary/aromatic N) is 1. The van der Waals surface area contributed by atoms with E-state index in [4.69, 9.17) is 0 Å². The molecule has 1 atom stereocenters. The van der Waals surface area contributed by atoms with Crippen LogP contribution in [0.25, 0.3) is 0 Å². The van der Waals surface area contributed by atoms with E-state index < -0.39 is 0 Å². The zero-order chi connectivity index (χ0) is 15.9. The highest BCUT2D eigenvalue weighted by Gasteiger charge is 2.25. The number of benzene rings is 1. The van der Waals surface area contributed by atoms with Crippen LogP contribution in [-0.2, 0) is 6.42 Å². The molecule has 0 aliphatic heterocycles. The van der Waals surface area contributed by atoms with Crippen LogP contribution in [0.15, 0.2) is 48.7 Å². The summed E-state index contributed by atoms with van der Waals surface area (Å²) < 4.78 is 0. The Morgan fingerprint density at radius 1 is 1.04 bits per heavy atom. The molecule has 0 spiro atoms. The molecule has 3 heteroatoms. The molecule has 2 aromatic rings. The van der Waals surface area contributed by atoms with Crippen LogP contribution in [0.3, 0.4) is 0 Å². The Kier molecular flexibility index (Phi) is 5.65. The van der Waals surface area contributed by atoms with Gasteiger partial charge in [-0.1, -0.05) is 37.5 Å². The van der Waals surface area contributed by atoms with Crippen LogP contribution in [0.5, 0.6) is 5.75 Å². The van der Waals surface area contributed by atoms with E-state index in [0.29, 0.717) is 17.7 Å². The predicted octanol–water partition coefficient (Wildman–Crippen LogP) is 4.24. The first kappa shape index (κ1) is 16.0. The van der Waals surface area contributed by atoms with Crippen LogP contribution in [0.1, 0.15) is 49.4 Å². The van der Waals surface area contributed by atoms with Crippen molar-refractivity contribution in [3.8, 4) is 5.75 Å². The molecular weight excluding hydrogens is 284 g/mol. The highest BCUT2D eigenvalue weighted by Crippen LogP contribution is 2.33. The highest BCUT2D eigenvalue weighted by atomic mass is 16.3. The summed E-state index contributed by atoms with van der Waals surface area (Å²) in [7, 11) is 0. The van der Waals surface area contributed by atoms with E-state index in [2.05, 4.69) is 22.4 Å². The standard InChI is InChI=1S/C20H26N2O/c23-18-11-9-16(10-12-18)13-15-22-20(17-6-2-1-3-7-17)19-8-4-5-14-21-19/h4-5,8-12,14,17,20,22-23H,1-3,6-7,13,15H2. The zero-order valence-corrected chi connectivity index (χ0v) is 13.6. The Morgan fingerprint density at radius 2 is 1.83 bits per heavy atom. The molecule has 23 heavy (non-hydrogen) atoms. The lowest BCUT2D eigenvalue weighted by Gasteiger charge is -2.30. The average Bonchev–Trinajstić information content (AvgIpc) is 2.62. The van der Waals surface area contributed by atoms with Crippen LogP contribution in [0.4, 0.5) is 0 Å². The fourth-order valence-electron chi connectivity index (χ4n) is 3.57. The van der Waals surface area contributed by atoms with E-state index in [-0.39, 0.29) is 0 Å². The molecule has 0 radical (unpaired) electrons. The van der Waals surface area contributed by atoms with Gasteiger partial charge in [0.25, 0.3) is 0 Å². The van der Waals surface area contributed by atoms with E-state index >= 15 is 0 Å². The summed E-state index contributed by atoms with van der Waals surface area (Å²) in [6.45, 7) is 0.933. The molecule has 1 saturated carbocycles. The molecule has 0 bridgehead atoms. The van der Waals surface area contributed by atoms with Gasteiger partial charge in [0.1, 0.15) is 5.75 Å². The number of phenols is 1. The maximum absolute atomic E-state index is 9.37. The molecule has 1 heterocycles. The van der Waals surface area contributed by atoms with Crippen molar-refractivity contribution in [3.63, 3.8) is 0 Å². The van der Waals surface area contributed by atoms with E-state index in [1.165, 1.54) is 43.4 Å². The summed E-state index contributed by atoms with van der Waals surface area (Å²) in [4.78, 5) is 4.60. The number of hydrogen-bond donors (Lipinski definition) is 2. The second-order valence-corrected chi connectivity index (χ2v) is 6.50. The largest absolute Gasteiger partial charge is 0.508 e. The topological polar surface area (TPSA) is 45.1 Å². The van der Waals surface area contributed by atoms with Gasteiger partial charge in [-0.15, -0.1) is 0 Å². The first-order valence-corrected chi connectivity index (χ1v) is 8.75. The lowest BCUT2D eigenvalue weighted by molar-refractivity contribution is 0.268. The molecule has 1 fully saturated rings. The maximum atomic E-state index is 9.37. The van der Waals surface area contributed by atoms with Crippen molar-refractivity contribution in [1.29, 1.82) is 0 Å². The molecule has 0 amide bonds. The van der Waals surface area contributed by atoms with Crippen LogP contribution in [0, 0.1) is 5.92 Å². The van der Waals surface area contributed by atoms with Crippen molar-refractivity contribution < 1.29 is 5.11 Å². The van der Waals surface area contributed by atoms with Gasteiger partial charge in [0.2, 0.25) is 0 Å². The van der Waals surface area contributed by atoms with Crippen LogP contribution in [-0.4, -0.2) is 16.6 Å². The van der Waals surface area contributed by atoms with Gasteiger partial charge in [0, 0.05) is 6.20 Å². The lowest BCUT2D eigenvalue weighted by atomic mass is 9.82. The molecule has 3 rings (SSSR count). The van der Waals surface area contributed by atoms with E-state index in [9.17, 15) is 5.11 Å². The van der Waals surface area contributed by atoms with Crippen molar-refractivity contribution in [2.45, 2.75) is 44.6 Å². The SMILES string of the molecule is Oc1ccc(CCNC(c2ccccn2)C2CCCCC2)cc1. The van der Waals surface area contributed by atoms with E-state index in [1.54, 1.807) is 12.1 Å². The molecule has 1 aliphatic carbocycles. The molecule has 122 valence electrons. The Labute approximate surface area is 138 Å². The first-order valence-electron chi connectivity index (χ1n) is 8.75. The minimum Gasteiger partial charge on any atom is -0.508 e. The van der Waals surface area contributed by atoms with Gasteiger partial charge < -0.3 is 10.4 Å². The van der Waals surface area contributed by atoms with Gasteiger partial charge in [-0.2, -0.15) is 0 Å². The number of pyridine rings is 1. The lowest BCUT2D eigenvalue weighted by Crippen LogP contribution is -2.31. The zero-order valence-electron chi connectivity index (χ0n) is 13.6.